The maximum Gasteiger partial charge on any atom is 0.226 e. The highest BCUT2D eigenvalue weighted by atomic mass is 35.5. The predicted octanol–water partition coefficient (Wildman–Crippen LogP) is 5.91. The molecule has 3 nitrogen and oxygen atoms in total. The standard InChI is InChI=1S/C20H18Cl2N2OS2/c1-13-2-4-14(5-3-13)10-23-19(25)9-17-12-27-20(24-17)26-11-15-6-7-16(21)8-18(15)22/h2-8,12H,9-11H2,1H3,(H,23,25). The second-order valence-corrected chi connectivity index (χ2v) is 8.99. The molecule has 0 bridgehead atoms. The van der Waals surface area contributed by atoms with Crippen LogP contribution < -0.4 is 5.32 Å². The van der Waals surface area contributed by atoms with Gasteiger partial charge in [-0.1, -0.05) is 70.9 Å². The van der Waals surface area contributed by atoms with Gasteiger partial charge in [-0.15, -0.1) is 11.3 Å². The molecule has 2 aromatic carbocycles. The van der Waals surface area contributed by atoms with Gasteiger partial charge in [0.05, 0.1) is 12.1 Å². The van der Waals surface area contributed by atoms with Gasteiger partial charge in [-0.3, -0.25) is 4.79 Å². The van der Waals surface area contributed by atoms with Gasteiger partial charge < -0.3 is 5.32 Å². The number of benzene rings is 2. The Morgan fingerprint density at radius 1 is 1.19 bits per heavy atom. The quantitative estimate of drug-likeness (QED) is 0.468. The van der Waals surface area contributed by atoms with Crippen LogP contribution in [0.25, 0.3) is 0 Å². The van der Waals surface area contributed by atoms with E-state index in [1.54, 1.807) is 17.8 Å². The lowest BCUT2D eigenvalue weighted by Gasteiger charge is -2.05. The number of thioether (sulfide) groups is 1. The first-order valence-corrected chi connectivity index (χ1v) is 10.9. The largest absolute Gasteiger partial charge is 0.352 e. The van der Waals surface area contributed by atoms with Crippen molar-refractivity contribution < 1.29 is 4.79 Å². The predicted molar refractivity (Wildman–Crippen MR) is 115 cm³/mol. The zero-order valence-electron chi connectivity index (χ0n) is 14.7. The Kier molecular flexibility index (Phi) is 7.19. The summed E-state index contributed by atoms with van der Waals surface area (Å²) < 4.78 is 0.919. The third-order valence-electron chi connectivity index (χ3n) is 3.85. The zero-order valence-corrected chi connectivity index (χ0v) is 17.8. The Hall–Kier alpha value is -1.53. The van der Waals surface area contributed by atoms with Crippen molar-refractivity contribution in [2.75, 3.05) is 0 Å². The van der Waals surface area contributed by atoms with Gasteiger partial charge in [-0.05, 0) is 30.2 Å². The normalized spacial score (nSPS) is 10.8. The van der Waals surface area contributed by atoms with Gasteiger partial charge in [0.1, 0.15) is 4.34 Å². The van der Waals surface area contributed by atoms with Crippen LogP contribution in [-0.2, 0) is 23.5 Å². The number of rotatable bonds is 7. The molecule has 7 heteroatoms. The molecule has 0 aliphatic carbocycles. The van der Waals surface area contributed by atoms with Crippen molar-refractivity contribution in [1.82, 2.24) is 10.3 Å². The van der Waals surface area contributed by atoms with Crippen LogP contribution in [0.15, 0.2) is 52.2 Å². The molecule has 0 fully saturated rings. The van der Waals surface area contributed by atoms with Gasteiger partial charge in [0.2, 0.25) is 5.91 Å². The molecule has 1 amide bonds. The van der Waals surface area contributed by atoms with Crippen molar-refractivity contribution in [2.45, 2.75) is 30.0 Å². The molecule has 0 spiro atoms. The molecule has 0 unspecified atom stereocenters. The molecule has 140 valence electrons. The number of nitrogens with zero attached hydrogens (tertiary/aromatic N) is 1. The van der Waals surface area contributed by atoms with Crippen LogP contribution in [0.2, 0.25) is 10.0 Å². The van der Waals surface area contributed by atoms with E-state index in [4.69, 9.17) is 23.2 Å². The number of amides is 1. The molecular formula is C20H18Cl2N2OS2. The smallest absolute Gasteiger partial charge is 0.226 e. The minimum Gasteiger partial charge on any atom is -0.352 e. The van der Waals surface area contributed by atoms with E-state index >= 15 is 0 Å². The Balaban J connectivity index is 1.48. The maximum absolute atomic E-state index is 12.1. The SMILES string of the molecule is Cc1ccc(CNC(=O)Cc2csc(SCc3ccc(Cl)cc3Cl)n2)cc1. The summed E-state index contributed by atoms with van der Waals surface area (Å²) in [6.07, 6.45) is 0.282. The van der Waals surface area contributed by atoms with E-state index in [2.05, 4.69) is 10.3 Å². The van der Waals surface area contributed by atoms with Crippen LogP contribution in [0.5, 0.6) is 0 Å². The second kappa shape index (κ2) is 9.60. The van der Waals surface area contributed by atoms with Gasteiger partial charge in [-0.2, -0.15) is 0 Å². The van der Waals surface area contributed by atoms with Crippen molar-refractivity contribution in [1.29, 1.82) is 0 Å². The lowest BCUT2D eigenvalue weighted by Crippen LogP contribution is -2.24. The molecule has 0 saturated carbocycles. The molecule has 0 radical (unpaired) electrons. The van der Waals surface area contributed by atoms with Crippen molar-refractivity contribution in [3.8, 4) is 0 Å². The summed E-state index contributed by atoms with van der Waals surface area (Å²) in [5, 5.41) is 6.15. The number of nitrogens with one attached hydrogen (secondary N) is 1. The van der Waals surface area contributed by atoms with Crippen LogP contribution in [-0.4, -0.2) is 10.9 Å². The Morgan fingerprint density at radius 3 is 2.70 bits per heavy atom. The summed E-state index contributed by atoms with van der Waals surface area (Å²) in [5.41, 5.74) is 4.09. The molecule has 0 saturated heterocycles. The lowest BCUT2D eigenvalue weighted by atomic mass is 10.1. The minimum atomic E-state index is -0.0295. The molecule has 0 atom stereocenters. The zero-order chi connectivity index (χ0) is 19.2. The van der Waals surface area contributed by atoms with Crippen LogP contribution >= 0.6 is 46.3 Å². The van der Waals surface area contributed by atoms with Crippen LogP contribution in [0.1, 0.15) is 22.4 Å². The number of carbonyl (C=O) groups is 1. The Labute approximate surface area is 177 Å². The van der Waals surface area contributed by atoms with E-state index in [0.717, 1.165) is 21.2 Å². The highest BCUT2D eigenvalue weighted by Gasteiger charge is 2.09. The van der Waals surface area contributed by atoms with Crippen molar-refractivity contribution >= 4 is 52.2 Å². The fourth-order valence-corrected chi connectivity index (χ4v) is 4.75. The summed E-state index contributed by atoms with van der Waals surface area (Å²) >= 11 is 15.3. The molecule has 1 heterocycles. The van der Waals surface area contributed by atoms with Crippen LogP contribution in [0, 0.1) is 6.92 Å². The minimum absolute atomic E-state index is 0.0295. The van der Waals surface area contributed by atoms with E-state index in [0.29, 0.717) is 22.3 Å². The topological polar surface area (TPSA) is 42.0 Å². The van der Waals surface area contributed by atoms with Crippen molar-refractivity contribution in [3.63, 3.8) is 0 Å². The third-order valence-corrected chi connectivity index (χ3v) is 6.55. The van der Waals surface area contributed by atoms with Gasteiger partial charge in [0.15, 0.2) is 0 Å². The fraction of sp³-hybridized carbons (Fsp3) is 0.200. The fourth-order valence-electron chi connectivity index (χ4n) is 2.35. The average molecular weight is 437 g/mol. The van der Waals surface area contributed by atoms with Crippen molar-refractivity contribution in [2.24, 2.45) is 0 Å². The van der Waals surface area contributed by atoms with Gasteiger partial charge >= 0.3 is 0 Å². The molecule has 1 aromatic heterocycles. The molecule has 0 aliphatic heterocycles. The van der Waals surface area contributed by atoms with E-state index in [9.17, 15) is 4.79 Å². The number of thiazole rings is 1. The number of carbonyl (C=O) groups excluding carboxylic acids is 1. The van der Waals surface area contributed by atoms with Gasteiger partial charge in [-0.25, -0.2) is 4.98 Å². The third kappa shape index (κ3) is 6.25. The summed E-state index contributed by atoms with van der Waals surface area (Å²) in [4.78, 5) is 16.7. The number of hydrogen-bond donors (Lipinski definition) is 1. The first kappa shape index (κ1) is 20.2. The molecule has 3 rings (SSSR count). The Bertz CT molecular complexity index is 926. The second-order valence-electron chi connectivity index (χ2n) is 6.07. The summed E-state index contributed by atoms with van der Waals surface area (Å²) in [6.45, 7) is 2.57. The maximum atomic E-state index is 12.1. The van der Waals surface area contributed by atoms with E-state index in [1.165, 1.54) is 16.9 Å². The molecular weight excluding hydrogens is 419 g/mol. The van der Waals surface area contributed by atoms with E-state index < -0.39 is 0 Å². The monoisotopic (exact) mass is 436 g/mol. The van der Waals surface area contributed by atoms with Gasteiger partial charge in [0.25, 0.3) is 0 Å². The van der Waals surface area contributed by atoms with E-state index in [-0.39, 0.29) is 12.3 Å². The van der Waals surface area contributed by atoms with Crippen molar-refractivity contribution in [3.05, 3.63) is 80.3 Å². The lowest BCUT2D eigenvalue weighted by molar-refractivity contribution is -0.120. The Morgan fingerprint density at radius 2 is 1.96 bits per heavy atom. The summed E-state index contributed by atoms with van der Waals surface area (Å²) in [6, 6.07) is 13.6. The van der Waals surface area contributed by atoms with Crippen LogP contribution in [0.4, 0.5) is 0 Å². The van der Waals surface area contributed by atoms with Crippen LogP contribution in [0.3, 0.4) is 0 Å². The highest BCUT2D eigenvalue weighted by molar-refractivity contribution is 8.00. The highest BCUT2D eigenvalue weighted by Crippen LogP contribution is 2.30. The molecule has 0 aliphatic rings. The first-order chi connectivity index (χ1) is 13.0. The average Bonchev–Trinajstić information content (AvgIpc) is 3.08. The summed E-state index contributed by atoms with van der Waals surface area (Å²) in [7, 11) is 0. The van der Waals surface area contributed by atoms with E-state index in [1.807, 2.05) is 48.7 Å². The van der Waals surface area contributed by atoms with Gasteiger partial charge in [0, 0.05) is 27.7 Å². The number of hydrogen-bond acceptors (Lipinski definition) is 4. The first-order valence-electron chi connectivity index (χ1n) is 8.33. The number of aromatic nitrogens is 1. The molecule has 1 N–H and O–H groups in total. The number of aryl methyl sites for hydroxylation is 1. The summed E-state index contributed by atoms with van der Waals surface area (Å²) in [5.74, 6) is 0.681. The molecule has 27 heavy (non-hydrogen) atoms. The number of halogens is 2. The molecule has 3 aromatic rings.